The average Bonchev–Trinajstić information content (AvgIpc) is 2.78. The molecule has 1 aromatic heterocycles. The molecule has 0 amide bonds. The lowest BCUT2D eigenvalue weighted by atomic mass is 10.0. The van der Waals surface area contributed by atoms with E-state index in [-0.39, 0.29) is 18.8 Å². The SMILES string of the molecule is COCCOc1cc2nc(C)nc(N[C@H](C)c3cc(F)cc(C(F)(F)F)c3)c2cc1OCCOC. The second-order valence-corrected chi connectivity index (χ2v) is 7.76. The molecule has 0 fully saturated rings. The van der Waals surface area contributed by atoms with E-state index in [4.69, 9.17) is 18.9 Å². The van der Waals surface area contributed by atoms with Crippen LogP contribution in [0.15, 0.2) is 30.3 Å². The number of methoxy groups -OCH3 is 2. The number of anilines is 1. The van der Waals surface area contributed by atoms with Crippen molar-refractivity contribution >= 4 is 16.7 Å². The molecule has 7 nitrogen and oxygen atoms in total. The van der Waals surface area contributed by atoms with Gasteiger partial charge in [-0.25, -0.2) is 14.4 Å². The van der Waals surface area contributed by atoms with E-state index in [2.05, 4.69) is 15.3 Å². The van der Waals surface area contributed by atoms with Crippen molar-refractivity contribution in [1.82, 2.24) is 9.97 Å². The highest BCUT2D eigenvalue weighted by atomic mass is 19.4. The maximum atomic E-state index is 13.9. The molecule has 0 saturated heterocycles. The Morgan fingerprint density at radius 2 is 1.51 bits per heavy atom. The number of aryl methyl sites for hydroxylation is 1. The predicted molar refractivity (Wildman–Crippen MR) is 122 cm³/mol. The van der Waals surface area contributed by atoms with Crippen molar-refractivity contribution in [2.45, 2.75) is 26.1 Å². The van der Waals surface area contributed by atoms with Crippen LogP contribution in [-0.2, 0) is 15.7 Å². The van der Waals surface area contributed by atoms with Crippen molar-refractivity contribution in [3.63, 3.8) is 0 Å². The Bertz CT molecular complexity index is 1160. The highest BCUT2D eigenvalue weighted by molar-refractivity contribution is 5.92. The van der Waals surface area contributed by atoms with Crippen LogP contribution < -0.4 is 14.8 Å². The van der Waals surface area contributed by atoms with E-state index in [1.807, 2.05) is 0 Å². The Labute approximate surface area is 200 Å². The van der Waals surface area contributed by atoms with Crippen molar-refractivity contribution in [2.24, 2.45) is 0 Å². The number of nitrogens with zero attached hydrogens (tertiary/aromatic N) is 2. The van der Waals surface area contributed by atoms with Crippen LogP contribution in [0.5, 0.6) is 11.5 Å². The van der Waals surface area contributed by atoms with E-state index in [0.29, 0.717) is 53.3 Å². The van der Waals surface area contributed by atoms with E-state index < -0.39 is 23.6 Å². The number of halogens is 4. The van der Waals surface area contributed by atoms with Gasteiger partial charge < -0.3 is 24.3 Å². The fraction of sp³-hybridized carbons (Fsp3) is 0.417. The number of nitrogens with one attached hydrogen (secondary N) is 1. The van der Waals surface area contributed by atoms with Gasteiger partial charge in [-0.2, -0.15) is 13.2 Å². The number of aromatic nitrogens is 2. The van der Waals surface area contributed by atoms with Gasteiger partial charge in [0.15, 0.2) is 11.5 Å². The van der Waals surface area contributed by atoms with Gasteiger partial charge in [0, 0.05) is 25.7 Å². The lowest BCUT2D eigenvalue weighted by Gasteiger charge is -2.19. The summed E-state index contributed by atoms with van der Waals surface area (Å²) < 4.78 is 75.1. The minimum Gasteiger partial charge on any atom is -0.487 e. The molecule has 0 bridgehead atoms. The van der Waals surface area contributed by atoms with Crippen LogP contribution in [-0.4, -0.2) is 50.6 Å². The average molecular weight is 497 g/mol. The Hall–Kier alpha value is -3.18. The van der Waals surface area contributed by atoms with Gasteiger partial charge in [-0.15, -0.1) is 0 Å². The van der Waals surface area contributed by atoms with E-state index in [1.54, 1.807) is 40.2 Å². The fourth-order valence-electron chi connectivity index (χ4n) is 3.37. The van der Waals surface area contributed by atoms with Crippen molar-refractivity contribution in [3.8, 4) is 11.5 Å². The number of hydrogen-bond donors (Lipinski definition) is 1. The number of hydrogen-bond acceptors (Lipinski definition) is 7. The Balaban J connectivity index is 2.00. The number of fused-ring (bicyclic) bond motifs is 1. The zero-order valence-electron chi connectivity index (χ0n) is 19.8. The molecule has 0 spiro atoms. The number of alkyl halides is 3. The molecule has 1 atom stereocenters. The summed E-state index contributed by atoms with van der Waals surface area (Å²) in [5.74, 6) is 0.677. The summed E-state index contributed by atoms with van der Waals surface area (Å²) in [7, 11) is 3.11. The maximum Gasteiger partial charge on any atom is 0.416 e. The molecule has 0 aliphatic rings. The molecular weight excluding hydrogens is 470 g/mol. The first-order valence-electron chi connectivity index (χ1n) is 10.8. The first-order valence-corrected chi connectivity index (χ1v) is 10.8. The molecule has 1 heterocycles. The first kappa shape index (κ1) is 26.4. The van der Waals surface area contributed by atoms with Gasteiger partial charge in [-0.3, -0.25) is 0 Å². The smallest absolute Gasteiger partial charge is 0.416 e. The zero-order chi connectivity index (χ0) is 25.6. The molecule has 1 N–H and O–H groups in total. The van der Waals surface area contributed by atoms with Crippen molar-refractivity contribution in [2.75, 3.05) is 46.0 Å². The lowest BCUT2D eigenvalue weighted by Crippen LogP contribution is -2.13. The fourth-order valence-corrected chi connectivity index (χ4v) is 3.37. The van der Waals surface area contributed by atoms with Crippen molar-refractivity contribution in [1.29, 1.82) is 0 Å². The van der Waals surface area contributed by atoms with Gasteiger partial charge >= 0.3 is 6.18 Å². The highest BCUT2D eigenvalue weighted by Crippen LogP contribution is 2.36. The monoisotopic (exact) mass is 497 g/mol. The van der Waals surface area contributed by atoms with Crippen LogP contribution in [0.2, 0.25) is 0 Å². The van der Waals surface area contributed by atoms with Crippen LogP contribution >= 0.6 is 0 Å². The molecule has 35 heavy (non-hydrogen) atoms. The minimum absolute atomic E-state index is 0.123. The van der Waals surface area contributed by atoms with Gasteiger partial charge in [0.05, 0.1) is 30.3 Å². The summed E-state index contributed by atoms with van der Waals surface area (Å²) in [5.41, 5.74) is -0.400. The molecule has 0 saturated carbocycles. The normalized spacial score (nSPS) is 12.6. The summed E-state index contributed by atoms with van der Waals surface area (Å²) in [6, 6.07) is 5.13. The van der Waals surface area contributed by atoms with E-state index >= 15 is 0 Å². The van der Waals surface area contributed by atoms with Crippen molar-refractivity contribution < 1.29 is 36.5 Å². The van der Waals surface area contributed by atoms with Crippen LogP contribution in [0.25, 0.3) is 10.9 Å². The number of benzene rings is 2. The van der Waals surface area contributed by atoms with Gasteiger partial charge in [-0.05, 0) is 43.7 Å². The minimum atomic E-state index is -4.66. The van der Waals surface area contributed by atoms with Crippen LogP contribution in [0.4, 0.5) is 23.4 Å². The second-order valence-electron chi connectivity index (χ2n) is 7.76. The van der Waals surface area contributed by atoms with Crippen LogP contribution in [0.1, 0.15) is 29.9 Å². The standard InChI is InChI=1S/C24H27F4N3O4/c1-14(16-9-17(24(26,27)28)11-18(25)10-16)29-23-19-12-21(34-7-5-32-3)22(35-8-6-33-4)13-20(19)30-15(2)31-23/h9-14H,5-8H2,1-4H3,(H,29,30,31)/t14-/m1/s1. The topological polar surface area (TPSA) is 74.7 Å². The third-order valence-corrected chi connectivity index (χ3v) is 5.06. The van der Waals surface area contributed by atoms with Gasteiger partial charge in [-0.1, -0.05) is 0 Å². The quantitative estimate of drug-likeness (QED) is 0.284. The van der Waals surface area contributed by atoms with E-state index in [0.717, 1.165) is 12.1 Å². The molecule has 11 heteroatoms. The molecule has 0 aliphatic carbocycles. The summed E-state index contributed by atoms with van der Waals surface area (Å²) in [5, 5.41) is 3.64. The molecule has 0 aliphatic heterocycles. The van der Waals surface area contributed by atoms with Gasteiger partial charge in [0.1, 0.15) is 30.7 Å². The van der Waals surface area contributed by atoms with Crippen LogP contribution in [0.3, 0.4) is 0 Å². The lowest BCUT2D eigenvalue weighted by molar-refractivity contribution is -0.137. The van der Waals surface area contributed by atoms with E-state index in [9.17, 15) is 17.6 Å². The maximum absolute atomic E-state index is 13.9. The third-order valence-electron chi connectivity index (χ3n) is 5.06. The molecule has 3 aromatic rings. The second kappa shape index (κ2) is 11.5. The highest BCUT2D eigenvalue weighted by Gasteiger charge is 2.32. The van der Waals surface area contributed by atoms with Gasteiger partial charge in [0.25, 0.3) is 0 Å². The summed E-state index contributed by atoms with van der Waals surface area (Å²) >= 11 is 0. The van der Waals surface area contributed by atoms with Crippen molar-refractivity contribution in [3.05, 3.63) is 53.1 Å². The number of rotatable bonds is 11. The molecule has 3 rings (SSSR count). The van der Waals surface area contributed by atoms with Gasteiger partial charge in [0.2, 0.25) is 0 Å². The molecule has 2 aromatic carbocycles. The Kier molecular flexibility index (Phi) is 8.68. The summed E-state index contributed by atoms with van der Waals surface area (Å²) in [6.07, 6.45) is -4.66. The summed E-state index contributed by atoms with van der Waals surface area (Å²) in [6.45, 7) is 4.58. The summed E-state index contributed by atoms with van der Waals surface area (Å²) in [4.78, 5) is 8.88. The Morgan fingerprint density at radius 3 is 2.11 bits per heavy atom. The molecular formula is C24H27F4N3O4. The molecule has 0 radical (unpaired) electrons. The largest absolute Gasteiger partial charge is 0.487 e. The number of ether oxygens (including phenoxy) is 4. The molecule has 190 valence electrons. The van der Waals surface area contributed by atoms with Crippen LogP contribution in [0, 0.1) is 12.7 Å². The molecule has 0 unspecified atom stereocenters. The Morgan fingerprint density at radius 1 is 0.886 bits per heavy atom. The first-order chi connectivity index (χ1) is 16.6. The predicted octanol–water partition coefficient (Wildman–Crippen LogP) is 5.32. The van der Waals surface area contributed by atoms with E-state index in [1.165, 1.54) is 0 Å². The third kappa shape index (κ3) is 6.92. The zero-order valence-corrected chi connectivity index (χ0v) is 19.8.